The van der Waals surface area contributed by atoms with E-state index in [-0.39, 0.29) is 0 Å². The molecule has 1 heterocycles. The number of hydrogen-bond donors (Lipinski definition) is 0. The second-order valence-corrected chi connectivity index (χ2v) is 8.14. The van der Waals surface area contributed by atoms with Crippen LogP contribution in [-0.2, 0) is 19.4 Å². The highest BCUT2D eigenvalue weighted by molar-refractivity contribution is 9.10. The Labute approximate surface area is 142 Å². The van der Waals surface area contributed by atoms with Gasteiger partial charge in [-0.2, -0.15) is 0 Å². The maximum absolute atomic E-state index is 12.8. The highest BCUT2D eigenvalue weighted by Gasteiger charge is 2.46. The molecule has 0 saturated carbocycles. The SMILES string of the molecule is O=C1CS(=O)(=O)[C@H](c2ccccc2)C(=O)N1c1ccc(Br)cc1. The minimum atomic E-state index is -3.87. The number of benzene rings is 2. The molecule has 0 spiro atoms. The lowest BCUT2D eigenvalue weighted by Gasteiger charge is -2.30. The third kappa shape index (κ3) is 2.94. The molecule has 1 saturated heterocycles. The number of hydrogen-bond acceptors (Lipinski definition) is 4. The van der Waals surface area contributed by atoms with Crippen molar-refractivity contribution in [1.82, 2.24) is 0 Å². The molecule has 1 fully saturated rings. The normalized spacial score (nSPS) is 20.6. The van der Waals surface area contributed by atoms with E-state index >= 15 is 0 Å². The van der Waals surface area contributed by atoms with Gasteiger partial charge < -0.3 is 0 Å². The monoisotopic (exact) mass is 393 g/mol. The average Bonchev–Trinajstić information content (AvgIpc) is 2.49. The number of sulfone groups is 1. The van der Waals surface area contributed by atoms with Gasteiger partial charge in [-0.15, -0.1) is 0 Å². The number of nitrogens with zero attached hydrogens (tertiary/aromatic N) is 1. The van der Waals surface area contributed by atoms with Crippen LogP contribution in [0.4, 0.5) is 5.69 Å². The summed E-state index contributed by atoms with van der Waals surface area (Å²) >= 11 is 3.28. The van der Waals surface area contributed by atoms with E-state index in [9.17, 15) is 18.0 Å². The van der Waals surface area contributed by atoms with Crippen molar-refractivity contribution in [3.63, 3.8) is 0 Å². The van der Waals surface area contributed by atoms with Crippen LogP contribution in [0.1, 0.15) is 10.8 Å². The Morgan fingerprint density at radius 1 is 0.957 bits per heavy atom. The molecule has 0 unspecified atom stereocenters. The molecule has 3 rings (SSSR count). The van der Waals surface area contributed by atoms with E-state index in [4.69, 9.17) is 0 Å². The number of halogens is 1. The fourth-order valence-corrected chi connectivity index (χ4v) is 4.44. The number of amides is 2. The first-order valence-electron chi connectivity index (χ1n) is 6.79. The smallest absolute Gasteiger partial charge is 0.256 e. The first-order valence-corrected chi connectivity index (χ1v) is 9.30. The maximum atomic E-state index is 12.8. The van der Waals surface area contributed by atoms with Gasteiger partial charge in [0.15, 0.2) is 15.1 Å². The molecular formula is C16H12BrNO4S. The molecule has 2 amide bonds. The molecule has 0 bridgehead atoms. The molecule has 2 aromatic rings. The standard InChI is InChI=1S/C16H12BrNO4S/c17-12-6-8-13(9-7-12)18-14(19)10-23(21,22)15(16(18)20)11-4-2-1-3-5-11/h1-9,15H,10H2/t15-/m1/s1. The van der Waals surface area contributed by atoms with Gasteiger partial charge in [0, 0.05) is 4.47 Å². The Hall–Kier alpha value is -1.99. The highest BCUT2D eigenvalue weighted by atomic mass is 79.9. The van der Waals surface area contributed by atoms with Gasteiger partial charge >= 0.3 is 0 Å². The zero-order valence-electron chi connectivity index (χ0n) is 11.8. The second-order valence-electron chi connectivity index (χ2n) is 5.14. The van der Waals surface area contributed by atoms with Crippen LogP contribution in [0.25, 0.3) is 0 Å². The van der Waals surface area contributed by atoms with Crippen LogP contribution in [0.15, 0.2) is 59.1 Å². The average molecular weight is 394 g/mol. The van der Waals surface area contributed by atoms with Crippen LogP contribution in [-0.4, -0.2) is 26.0 Å². The van der Waals surface area contributed by atoms with Crippen LogP contribution >= 0.6 is 15.9 Å². The van der Waals surface area contributed by atoms with Crippen molar-refractivity contribution >= 4 is 43.3 Å². The highest BCUT2D eigenvalue weighted by Crippen LogP contribution is 2.32. The molecule has 1 aliphatic rings. The zero-order valence-corrected chi connectivity index (χ0v) is 14.2. The molecule has 0 aromatic heterocycles. The Balaban J connectivity index is 2.08. The third-order valence-corrected chi connectivity index (χ3v) is 5.94. The number of anilines is 1. The van der Waals surface area contributed by atoms with E-state index in [1.165, 1.54) is 0 Å². The van der Waals surface area contributed by atoms with Gasteiger partial charge in [-0.25, -0.2) is 13.3 Å². The van der Waals surface area contributed by atoms with Crippen molar-refractivity contribution in [2.24, 2.45) is 0 Å². The molecule has 118 valence electrons. The Kier molecular flexibility index (Phi) is 4.08. The summed E-state index contributed by atoms with van der Waals surface area (Å²) in [7, 11) is -3.87. The molecule has 7 heteroatoms. The lowest BCUT2D eigenvalue weighted by Crippen LogP contribution is -2.51. The predicted octanol–water partition coefficient (Wildman–Crippen LogP) is 2.48. The summed E-state index contributed by atoms with van der Waals surface area (Å²) in [5.41, 5.74) is 0.728. The Morgan fingerprint density at radius 3 is 2.17 bits per heavy atom. The van der Waals surface area contributed by atoms with E-state index in [1.807, 2.05) is 0 Å². The summed E-state index contributed by atoms with van der Waals surface area (Å²) in [6.07, 6.45) is 0. The quantitative estimate of drug-likeness (QED) is 0.734. The van der Waals surface area contributed by atoms with Gasteiger partial charge in [0.05, 0.1) is 5.69 Å². The van der Waals surface area contributed by atoms with E-state index in [0.717, 1.165) is 9.37 Å². The number of carbonyl (C=O) groups is 2. The van der Waals surface area contributed by atoms with E-state index in [1.54, 1.807) is 54.6 Å². The summed E-state index contributed by atoms with van der Waals surface area (Å²) in [4.78, 5) is 25.9. The van der Waals surface area contributed by atoms with Gasteiger partial charge in [-0.05, 0) is 29.8 Å². The predicted molar refractivity (Wildman–Crippen MR) is 89.6 cm³/mol. The van der Waals surface area contributed by atoms with Gasteiger partial charge in [0.1, 0.15) is 5.75 Å². The molecule has 1 atom stereocenters. The molecule has 0 N–H and O–H groups in total. The minimum absolute atomic E-state index is 0.360. The summed E-state index contributed by atoms with van der Waals surface area (Å²) in [6, 6.07) is 14.8. The summed E-state index contributed by atoms with van der Waals surface area (Å²) in [6.45, 7) is 0. The van der Waals surface area contributed by atoms with Crippen LogP contribution < -0.4 is 4.90 Å². The van der Waals surface area contributed by atoms with Crippen molar-refractivity contribution in [2.75, 3.05) is 10.7 Å². The lowest BCUT2D eigenvalue weighted by atomic mass is 10.1. The number of imide groups is 1. The molecular weight excluding hydrogens is 382 g/mol. The summed E-state index contributed by atoms with van der Waals surface area (Å²) < 4.78 is 25.5. The fraction of sp³-hybridized carbons (Fsp3) is 0.125. The number of rotatable bonds is 2. The topological polar surface area (TPSA) is 71.5 Å². The fourth-order valence-electron chi connectivity index (χ4n) is 2.55. The van der Waals surface area contributed by atoms with Crippen molar-refractivity contribution in [2.45, 2.75) is 5.25 Å². The maximum Gasteiger partial charge on any atom is 0.256 e. The molecule has 23 heavy (non-hydrogen) atoms. The molecule has 0 radical (unpaired) electrons. The second kappa shape index (κ2) is 5.90. The van der Waals surface area contributed by atoms with Gasteiger partial charge in [-0.1, -0.05) is 46.3 Å². The molecule has 1 aliphatic heterocycles. The van der Waals surface area contributed by atoms with Crippen molar-refractivity contribution in [3.8, 4) is 0 Å². The third-order valence-electron chi connectivity index (χ3n) is 3.57. The van der Waals surface area contributed by atoms with Gasteiger partial charge in [0.2, 0.25) is 5.91 Å². The Morgan fingerprint density at radius 2 is 1.57 bits per heavy atom. The Bertz CT molecular complexity index is 863. The van der Waals surface area contributed by atoms with Crippen molar-refractivity contribution in [1.29, 1.82) is 0 Å². The van der Waals surface area contributed by atoms with Crippen LogP contribution in [0, 0.1) is 0 Å². The number of carbonyl (C=O) groups excluding carboxylic acids is 2. The van der Waals surface area contributed by atoms with Crippen molar-refractivity contribution < 1.29 is 18.0 Å². The van der Waals surface area contributed by atoms with E-state index < -0.39 is 32.7 Å². The van der Waals surface area contributed by atoms with Gasteiger partial charge in [0.25, 0.3) is 5.91 Å². The lowest BCUT2D eigenvalue weighted by molar-refractivity contribution is -0.125. The summed E-state index contributed by atoms with van der Waals surface area (Å²) in [5, 5.41) is -1.36. The van der Waals surface area contributed by atoms with E-state index in [0.29, 0.717) is 11.3 Å². The first-order chi connectivity index (χ1) is 10.9. The zero-order chi connectivity index (χ0) is 16.6. The van der Waals surface area contributed by atoms with Crippen LogP contribution in [0.2, 0.25) is 0 Å². The first kappa shape index (κ1) is 15.9. The van der Waals surface area contributed by atoms with E-state index in [2.05, 4.69) is 15.9 Å². The molecule has 2 aromatic carbocycles. The molecule has 5 nitrogen and oxygen atoms in total. The minimum Gasteiger partial charge on any atom is -0.273 e. The van der Waals surface area contributed by atoms with Crippen LogP contribution in [0.3, 0.4) is 0 Å². The largest absolute Gasteiger partial charge is 0.273 e. The summed E-state index contributed by atoms with van der Waals surface area (Å²) in [5.74, 6) is -2.16. The van der Waals surface area contributed by atoms with Crippen molar-refractivity contribution in [3.05, 3.63) is 64.6 Å². The van der Waals surface area contributed by atoms with Gasteiger partial charge in [-0.3, -0.25) is 9.59 Å². The molecule has 0 aliphatic carbocycles. The van der Waals surface area contributed by atoms with Crippen LogP contribution in [0.5, 0.6) is 0 Å².